The number of hydrogen-bond acceptors (Lipinski definition) is 7. The summed E-state index contributed by atoms with van der Waals surface area (Å²) in [6, 6.07) is 0. The van der Waals surface area contributed by atoms with E-state index in [0.717, 1.165) is 0 Å². The monoisotopic (exact) mass is 259 g/mol. The van der Waals surface area contributed by atoms with Crippen molar-refractivity contribution in [3.8, 4) is 0 Å². The van der Waals surface area contributed by atoms with Crippen molar-refractivity contribution >= 4 is 12.1 Å². The molecule has 0 aliphatic carbocycles. The predicted molar refractivity (Wildman–Crippen MR) is 56.8 cm³/mol. The largest absolute Gasteiger partial charge is 0.519 e. The van der Waals surface area contributed by atoms with Gasteiger partial charge in [0.2, 0.25) is 0 Å². The van der Waals surface area contributed by atoms with Gasteiger partial charge in [0.05, 0.1) is 6.54 Å². The molecule has 0 aliphatic heterocycles. The minimum Gasteiger partial charge on any atom is -0.462 e. The summed E-state index contributed by atoms with van der Waals surface area (Å²) < 4.78 is 18.5. The summed E-state index contributed by atoms with van der Waals surface area (Å²) in [4.78, 5) is 32.3. The smallest absolute Gasteiger partial charge is 0.462 e. The molecule has 0 bridgehead atoms. The first-order chi connectivity index (χ1) is 8.49. The average molecular weight is 259 g/mol. The SMILES string of the molecule is CC(=O)OCCOC(=O)NCc1oc(=O)oc1C. The third kappa shape index (κ3) is 4.73. The van der Waals surface area contributed by atoms with E-state index in [-0.39, 0.29) is 25.5 Å². The van der Waals surface area contributed by atoms with Crippen molar-refractivity contribution in [2.45, 2.75) is 20.4 Å². The van der Waals surface area contributed by atoms with E-state index in [1.807, 2.05) is 0 Å². The Bertz CT molecular complexity index is 473. The van der Waals surface area contributed by atoms with Crippen molar-refractivity contribution in [1.29, 1.82) is 0 Å². The first-order valence-electron chi connectivity index (χ1n) is 5.12. The van der Waals surface area contributed by atoms with Crippen LogP contribution < -0.4 is 11.1 Å². The highest BCUT2D eigenvalue weighted by Gasteiger charge is 2.10. The van der Waals surface area contributed by atoms with Gasteiger partial charge in [-0.05, 0) is 6.92 Å². The Morgan fingerprint density at radius 3 is 2.44 bits per heavy atom. The molecule has 0 unspecified atom stereocenters. The van der Waals surface area contributed by atoms with Crippen LogP contribution in [0.15, 0.2) is 13.6 Å². The quantitative estimate of drug-likeness (QED) is 0.599. The highest BCUT2D eigenvalue weighted by molar-refractivity contribution is 5.67. The van der Waals surface area contributed by atoms with E-state index in [0.29, 0.717) is 5.76 Å². The lowest BCUT2D eigenvalue weighted by Gasteiger charge is -2.05. The van der Waals surface area contributed by atoms with Gasteiger partial charge in [-0.1, -0.05) is 0 Å². The Morgan fingerprint density at radius 1 is 1.22 bits per heavy atom. The highest BCUT2D eigenvalue weighted by atomic mass is 16.6. The summed E-state index contributed by atoms with van der Waals surface area (Å²) in [5.41, 5.74) is 0. The summed E-state index contributed by atoms with van der Waals surface area (Å²) in [7, 11) is 0. The number of esters is 1. The maximum Gasteiger partial charge on any atom is 0.519 e. The van der Waals surface area contributed by atoms with Gasteiger partial charge in [0, 0.05) is 6.92 Å². The molecule has 0 fully saturated rings. The standard InChI is InChI=1S/C10H13NO7/c1-6-8(18-10(14)17-6)5-11-9(13)16-4-3-15-7(2)12/h3-5H2,1-2H3,(H,11,13). The normalized spacial score (nSPS) is 9.89. The Labute approximate surface area is 102 Å². The molecule has 1 heterocycles. The van der Waals surface area contributed by atoms with Crippen LogP contribution in [0.1, 0.15) is 18.4 Å². The maximum atomic E-state index is 11.2. The number of nitrogens with one attached hydrogen (secondary N) is 1. The van der Waals surface area contributed by atoms with Crippen molar-refractivity contribution < 1.29 is 27.9 Å². The summed E-state index contributed by atoms with van der Waals surface area (Å²) in [6.07, 6.45) is -0.717. The van der Waals surface area contributed by atoms with Crippen molar-refractivity contribution in [2.24, 2.45) is 0 Å². The lowest BCUT2D eigenvalue weighted by atomic mass is 10.4. The second kappa shape index (κ2) is 6.48. The fourth-order valence-corrected chi connectivity index (χ4v) is 1.06. The van der Waals surface area contributed by atoms with Crippen LogP contribution in [0.4, 0.5) is 4.79 Å². The molecule has 1 aromatic rings. The zero-order valence-corrected chi connectivity index (χ0v) is 9.98. The lowest BCUT2D eigenvalue weighted by Crippen LogP contribution is -2.25. The topological polar surface area (TPSA) is 108 Å². The van der Waals surface area contributed by atoms with Crippen molar-refractivity contribution in [3.05, 3.63) is 22.1 Å². The first kappa shape index (κ1) is 13.8. The molecule has 0 aliphatic rings. The number of carbonyl (C=O) groups excluding carboxylic acids is 2. The van der Waals surface area contributed by atoms with E-state index < -0.39 is 17.9 Å². The summed E-state index contributed by atoms with van der Waals surface area (Å²) in [5.74, 6) is -0.764. The molecular weight excluding hydrogens is 246 g/mol. The van der Waals surface area contributed by atoms with Gasteiger partial charge in [0.15, 0.2) is 5.76 Å². The van der Waals surface area contributed by atoms with Gasteiger partial charge in [-0.25, -0.2) is 9.59 Å². The third-order valence-electron chi connectivity index (χ3n) is 1.85. The molecule has 0 radical (unpaired) electrons. The van der Waals surface area contributed by atoms with E-state index >= 15 is 0 Å². The number of amides is 1. The lowest BCUT2D eigenvalue weighted by molar-refractivity contribution is -0.141. The van der Waals surface area contributed by atoms with E-state index in [1.54, 1.807) is 0 Å². The van der Waals surface area contributed by atoms with Crippen molar-refractivity contribution in [1.82, 2.24) is 5.32 Å². The van der Waals surface area contributed by atoms with Gasteiger partial charge in [-0.2, -0.15) is 0 Å². The molecule has 1 aromatic heterocycles. The molecule has 0 atom stereocenters. The van der Waals surface area contributed by atoms with Gasteiger partial charge in [0.1, 0.15) is 19.0 Å². The van der Waals surface area contributed by atoms with E-state index in [4.69, 9.17) is 0 Å². The third-order valence-corrected chi connectivity index (χ3v) is 1.85. The summed E-state index contributed by atoms with van der Waals surface area (Å²) >= 11 is 0. The molecule has 0 saturated heterocycles. The summed E-state index contributed by atoms with van der Waals surface area (Å²) in [6.45, 7) is 2.70. The summed E-state index contributed by atoms with van der Waals surface area (Å²) in [5, 5.41) is 2.35. The first-order valence-corrected chi connectivity index (χ1v) is 5.12. The second-order valence-electron chi connectivity index (χ2n) is 3.26. The minimum absolute atomic E-state index is 0.0113. The van der Waals surface area contributed by atoms with Gasteiger partial charge >= 0.3 is 17.9 Å². The molecule has 1 N–H and O–H groups in total. The number of aryl methyl sites for hydroxylation is 1. The Balaban J connectivity index is 2.23. The molecule has 1 amide bonds. The molecule has 8 heteroatoms. The van der Waals surface area contributed by atoms with Crippen molar-refractivity contribution in [3.63, 3.8) is 0 Å². The number of rotatable bonds is 5. The molecule has 0 aromatic carbocycles. The van der Waals surface area contributed by atoms with Crippen LogP contribution in [-0.4, -0.2) is 25.3 Å². The Kier molecular flexibility index (Phi) is 4.97. The van der Waals surface area contributed by atoms with Gasteiger partial charge in [-0.15, -0.1) is 0 Å². The van der Waals surface area contributed by atoms with Crippen LogP contribution in [0.2, 0.25) is 0 Å². The number of carbonyl (C=O) groups is 2. The van der Waals surface area contributed by atoms with E-state index in [1.165, 1.54) is 13.8 Å². The molecule has 18 heavy (non-hydrogen) atoms. The van der Waals surface area contributed by atoms with E-state index in [9.17, 15) is 14.4 Å². The molecular formula is C10H13NO7. The second-order valence-corrected chi connectivity index (χ2v) is 3.26. The number of ether oxygens (including phenoxy) is 2. The highest BCUT2D eigenvalue weighted by Crippen LogP contribution is 2.03. The zero-order chi connectivity index (χ0) is 13.5. The fourth-order valence-electron chi connectivity index (χ4n) is 1.06. The molecule has 100 valence electrons. The van der Waals surface area contributed by atoms with Crippen LogP contribution >= 0.6 is 0 Å². The van der Waals surface area contributed by atoms with E-state index in [2.05, 4.69) is 23.6 Å². The zero-order valence-electron chi connectivity index (χ0n) is 9.98. The molecule has 8 nitrogen and oxygen atoms in total. The molecule has 0 spiro atoms. The van der Waals surface area contributed by atoms with Crippen molar-refractivity contribution in [2.75, 3.05) is 13.2 Å². The van der Waals surface area contributed by atoms with Gasteiger partial charge in [0.25, 0.3) is 0 Å². The van der Waals surface area contributed by atoms with Crippen LogP contribution in [0.25, 0.3) is 0 Å². The van der Waals surface area contributed by atoms with Crippen LogP contribution in [-0.2, 0) is 20.8 Å². The minimum atomic E-state index is -0.826. The number of alkyl carbamates (subject to hydrolysis) is 1. The predicted octanol–water partition coefficient (Wildman–Crippen LogP) is 0.331. The Morgan fingerprint density at radius 2 is 1.89 bits per heavy atom. The van der Waals surface area contributed by atoms with Crippen LogP contribution in [0.5, 0.6) is 0 Å². The number of hydrogen-bond donors (Lipinski definition) is 1. The van der Waals surface area contributed by atoms with Gasteiger partial charge < -0.3 is 23.6 Å². The van der Waals surface area contributed by atoms with Crippen LogP contribution in [0.3, 0.4) is 0 Å². The fraction of sp³-hybridized carbons (Fsp3) is 0.500. The molecule has 0 saturated carbocycles. The average Bonchev–Trinajstić information content (AvgIpc) is 2.60. The Hall–Kier alpha value is -2.25. The maximum absolute atomic E-state index is 11.2. The van der Waals surface area contributed by atoms with Gasteiger partial charge in [-0.3, -0.25) is 4.79 Å². The molecule has 1 rings (SSSR count). The van der Waals surface area contributed by atoms with Crippen LogP contribution in [0, 0.1) is 6.92 Å².